The van der Waals surface area contributed by atoms with Crippen LogP contribution in [0.4, 0.5) is 5.69 Å². The number of aromatic hydroxyl groups is 1. The molecule has 0 bridgehead atoms. The molecule has 0 saturated carbocycles. The summed E-state index contributed by atoms with van der Waals surface area (Å²) in [5, 5.41) is 9.59. The molecule has 1 rings (SSSR count). The van der Waals surface area contributed by atoms with Gasteiger partial charge in [0.1, 0.15) is 11.3 Å². The first-order chi connectivity index (χ1) is 6.56. The highest BCUT2D eigenvalue weighted by atomic mass is 35.5. The Hall–Kier alpha value is -1.42. The monoisotopic (exact) mass is 215 g/mol. The van der Waals surface area contributed by atoms with Crippen molar-refractivity contribution >= 4 is 23.3 Å². The second-order valence-electron chi connectivity index (χ2n) is 2.61. The van der Waals surface area contributed by atoms with Crippen molar-refractivity contribution in [3.63, 3.8) is 0 Å². The highest BCUT2D eigenvalue weighted by molar-refractivity contribution is 6.33. The SMILES string of the molecule is CCOC(=O)c1cc(Cl)c(N)cc1O. The largest absolute Gasteiger partial charge is 0.507 e. The van der Waals surface area contributed by atoms with Gasteiger partial charge in [-0.15, -0.1) is 0 Å². The lowest BCUT2D eigenvalue weighted by Gasteiger charge is -2.06. The van der Waals surface area contributed by atoms with Crippen molar-refractivity contribution in [2.45, 2.75) is 6.92 Å². The Morgan fingerprint density at radius 2 is 2.29 bits per heavy atom. The third kappa shape index (κ3) is 2.09. The Kier molecular flexibility index (Phi) is 3.19. The zero-order valence-corrected chi connectivity index (χ0v) is 8.34. The molecule has 0 radical (unpaired) electrons. The van der Waals surface area contributed by atoms with Gasteiger partial charge in [-0.25, -0.2) is 4.79 Å². The molecule has 0 aliphatic carbocycles. The maximum absolute atomic E-state index is 11.2. The van der Waals surface area contributed by atoms with Crippen molar-refractivity contribution in [3.8, 4) is 5.75 Å². The minimum Gasteiger partial charge on any atom is -0.507 e. The Bertz CT molecular complexity index is 365. The molecule has 0 fully saturated rings. The number of halogens is 1. The van der Waals surface area contributed by atoms with Gasteiger partial charge in [-0.3, -0.25) is 0 Å². The van der Waals surface area contributed by atoms with Crippen LogP contribution in [-0.2, 0) is 4.74 Å². The highest BCUT2D eigenvalue weighted by Gasteiger charge is 2.14. The molecule has 0 aromatic heterocycles. The van der Waals surface area contributed by atoms with E-state index >= 15 is 0 Å². The van der Waals surface area contributed by atoms with E-state index in [1.165, 1.54) is 12.1 Å². The van der Waals surface area contributed by atoms with Crippen LogP contribution < -0.4 is 5.73 Å². The zero-order chi connectivity index (χ0) is 10.7. The molecule has 76 valence electrons. The number of carbonyl (C=O) groups excluding carboxylic acids is 1. The summed E-state index contributed by atoms with van der Waals surface area (Å²) in [5.74, 6) is -0.850. The molecule has 1 aromatic rings. The van der Waals surface area contributed by atoms with Crippen LogP contribution in [0.15, 0.2) is 12.1 Å². The Morgan fingerprint density at radius 3 is 2.86 bits per heavy atom. The number of carbonyl (C=O) groups is 1. The van der Waals surface area contributed by atoms with Gasteiger partial charge >= 0.3 is 5.97 Å². The fraction of sp³-hybridized carbons (Fsp3) is 0.222. The molecule has 0 unspecified atom stereocenters. The third-order valence-corrected chi connectivity index (χ3v) is 1.94. The molecule has 0 saturated heterocycles. The van der Waals surface area contributed by atoms with Crippen molar-refractivity contribution in [2.75, 3.05) is 12.3 Å². The second kappa shape index (κ2) is 4.19. The van der Waals surface area contributed by atoms with E-state index in [2.05, 4.69) is 0 Å². The fourth-order valence-corrected chi connectivity index (χ4v) is 1.11. The highest BCUT2D eigenvalue weighted by Crippen LogP contribution is 2.28. The summed E-state index contributed by atoms with van der Waals surface area (Å²) < 4.78 is 4.71. The number of esters is 1. The van der Waals surface area contributed by atoms with E-state index < -0.39 is 5.97 Å². The minimum absolute atomic E-state index is 0.0195. The van der Waals surface area contributed by atoms with Crippen LogP contribution in [-0.4, -0.2) is 17.7 Å². The van der Waals surface area contributed by atoms with E-state index in [1.54, 1.807) is 6.92 Å². The Morgan fingerprint density at radius 1 is 1.64 bits per heavy atom. The topological polar surface area (TPSA) is 72.5 Å². The van der Waals surface area contributed by atoms with Crippen LogP contribution in [0.25, 0.3) is 0 Å². The van der Waals surface area contributed by atoms with E-state index in [4.69, 9.17) is 22.1 Å². The van der Waals surface area contributed by atoms with Crippen LogP contribution in [0.3, 0.4) is 0 Å². The van der Waals surface area contributed by atoms with Gasteiger partial charge in [0.15, 0.2) is 0 Å². The van der Waals surface area contributed by atoms with Gasteiger partial charge in [0.25, 0.3) is 0 Å². The van der Waals surface area contributed by atoms with Crippen LogP contribution in [0, 0.1) is 0 Å². The molecule has 3 N–H and O–H groups in total. The van der Waals surface area contributed by atoms with Gasteiger partial charge in [-0.2, -0.15) is 0 Å². The average molecular weight is 216 g/mol. The van der Waals surface area contributed by atoms with E-state index in [1.807, 2.05) is 0 Å². The first-order valence-corrected chi connectivity index (χ1v) is 4.39. The summed E-state index contributed by atoms with van der Waals surface area (Å²) in [5.41, 5.74) is 5.66. The quantitative estimate of drug-likeness (QED) is 0.583. The predicted octanol–water partition coefficient (Wildman–Crippen LogP) is 1.80. The van der Waals surface area contributed by atoms with Crippen LogP contribution in [0.1, 0.15) is 17.3 Å². The van der Waals surface area contributed by atoms with E-state index in [0.717, 1.165) is 0 Å². The summed E-state index contributed by atoms with van der Waals surface area (Å²) in [6.07, 6.45) is 0. The second-order valence-corrected chi connectivity index (χ2v) is 3.02. The van der Waals surface area contributed by atoms with E-state index in [-0.39, 0.29) is 28.6 Å². The Labute approximate surface area is 86.2 Å². The van der Waals surface area contributed by atoms with Gasteiger partial charge in [-0.1, -0.05) is 11.6 Å². The smallest absolute Gasteiger partial charge is 0.341 e. The first-order valence-electron chi connectivity index (χ1n) is 4.01. The van der Waals surface area contributed by atoms with Gasteiger partial charge in [0, 0.05) is 6.07 Å². The van der Waals surface area contributed by atoms with Crippen molar-refractivity contribution in [3.05, 3.63) is 22.7 Å². The number of rotatable bonds is 2. The maximum atomic E-state index is 11.2. The first kappa shape index (κ1) is 10.7. The normalized spacial score (nSPS) is 9.86. The Balaban J connectivity index is 3.09. The van der Waals surface area contributed by atoms with Crippen LogP contribution in [0.2, 0.25) is 5.02 Å². The number of hydrogen-bond acceptors (Lipinski definition) is 4. The molecular formula is C9H10ClNO3. The molecule has 0 amide bonds. The molecule has 5 heteroatoms. The van der Waals surface area contributed by atoms with E-state index in [9.17, 15) is 9.90 Å². The molecule has 0 atom stereocenters. The van der Waals surface area contributed by atoms with Crippen molar-refractivity contribution in [1.29, 1.82) is 0 Å². The average Bonchev–Trinajstić information content (AvgIpc) is 2.11. The molecule has 14 heavy (non-hydrogen) atoms. The van der Waals surface area contributed by atoms with Crippen LogP contribution >= 0.6 is 11.6 Å². The molecule has 0 spiro atoms. The van der Waals surface area contributed by atoms with Crippen molar-refractivity contribution in [2.24, 2.45) is 0 Å². The van der Waals surface area contributed by atoms with Gasteiger partial charge in [0.05, 0.1) is 17.3 Å². The number of anilines is 1. The predicted molar refractivity (Wildman–Crippen MR) is 53.5 cm³/mol. The van der Waals surface area contributed by atoms with E-state index in [0.29, 0.717) is 0 Å². The van der Waals surface area contributed by atoms with Crippen molar-refractivity contribution < 1.29 is 14.6 Å². The van der Waals surface area contributed by atoms with Gasteiger partial charge in [0.2, 0.25) is 0 Å². The molecule has 0 aliphatic heterocycles. The number of hydrogen-bond donors (Lipinski definition) is 2. The molecular weight excluding hydrogens is 206 g/mol. The number of phenols is 1. The zero-order valence-electron chi connectivity index (χ0n) is 7.58. The lowest BCUT2D eigenvalue weighted by molar-refractivity contribution is 0.0523. The number of nitrogen functional groups attached to an aromatic ring is 1. The number of phenolic OH excluding ortho intramolecular Hbond substituents is 1. The van der Waals surface area contributed by atoms with Gasteiger partial charge < -0.3 is 15.6 Å². The third-order valence-electron chi connectivity index (χ3n) is 1.61. The molecule has 4 nitrogen and oxygen atoms in total. The fourth-order valence-electron chi connectivity index (χ4n) is 0.950. The summed E-state index contributed by atoms with van der Waals surface area (Å²) in [7, 11) is 0. The lowest BCUT2D eigenvalue weighted by atomic mass is 10.2. The molecule has 0 aliphatic rings. The number of benzene rings is 1. The summed E-state index contributed by atoms with van der Waals surface area (Å²) in [6.45, 7) is 1.91. The van der Waals surface area contributed by atoms with Gasteiger partial charge in [-0.05, 0) is 13.0 Å². The lowest BCUT2D eigenvalue weighted by Crippen LogP contribution is -2.05. The molecule has 0 heterocycles. The molecule has 1 aromatic carbocycles. The standard InChI is InChI=1S/C9H10ClNO3/c1-2-14-9(13)5-3-6(10)7(11)4-8(5)12/h3-4,12H,2,11H2,1H3. The summed E-state index contributed by atoms with van der Waals surface area (Å²) >= 11 is 5.69. The van der Waals surface area contributed by atoms with Crippen LogP contribution in [0.5, 0.6) is 5.75 Å². The number of nitrogens with two attached hydrogens (primary N) is 1. The number of ether oxygens (including phenoxy) is 1. The maximum Gasteiger partial charge on any atom is 0.341 e. The summed E-state index contributed by atoms with van der Waals surface area (Å²) in [4.78, 5) is 11.2. The summed E-state index contributed by atoms with van der Waals surface area (Å²) in [6, 6.07) is 2.50. The minimum atomic E-state index is -0.619. The van der Waals surface area contributed by atoms with Crippen molar-refractivity contribution in [1.82, 2.24) is 0 Å².